The molecule has 0 aliphatic heterocycles. The normalized spacial score (nSPS) is 9.11. The molecule has 9 heavy (non-hydrogen) atoms. The Kier molecular flexibility index (Phi) is 2.20. The number of phenols is 1. The molecule has 0 aliphatic rings. The predicted molar refractivity (Wildman–Crippen MR) is 33.3 cm³/mol. The fourth-order valence-electron chi connectivity index (χ4n) is 0.610. The third-order valence-corrected chi connectivity index (χ3v) is 1.58. The second-order valence-corrected chi connectivity index (χ2v) is 2.15. The maximum atomic E-state index is 9.08. The van der Waals surface area contributed by atoms with Crippen LogP contribution in [0.15, 0.2) is 24.3 Å². The van der Waals surface area contributed by atoms with Gasteiger partial charge in [-0.25, -0.2) is 0 Å². The van der Waals surface area contributed by atoms with E-state index in [0.29, 0.717) is 5.75 Å². The van der Waals surface area contributed by atoms with Crippen LogP contribution in [0.5, 0.6) is 5.75 Å². The topological polar surface area (TPSA) is 20.2 Å². The molecule has 0 aliphatic carbocycles. The fourth-order valence-corrected chi connectivity index (χ4v) is 0.991. The zero-order chi connectivity index (χ0) is 6.69. The summed E-state index contributed by atoms with van der Waals surface area (Å²) in [7, 11) is 0. The van der Waals surface area contributed by atoms with Gasteiger partial charge in [-0.15, -0.1) is 0 Å². The average molecular weight is 154 g/mol. The van der Waals surface area contributed by atoms with Crippen LogP contribution < -0.4 is 0 Å². The van der Waals surface area contributed by atoms with Gasteiger partial charge in [-0.05, 0) is 0 Å². The summed E-state index contributed by atoms with van der Waals surface area (Å²) in [6.07, 6.45) is 0. The van der Waals surface area contributed by atoms with Gasteiger partial charge in [0.15, 0.2) is 0 Å². The van der Waals surface area contributed by atoms with Crippen molar-refractivity contribution >= 4 is 4.31 Å². The molecule has 0 aromatic heterocycles. The number of para-hydroxylation sites is 1. The predicted octanol–water partition coefficient (Wildman–Crippen LogP) is 1.09. The first kappa shape index (κ1) is 6.72. The molecule has 0 saturated heterocycles. The number of benzene rings is 1. The van der Waals surface area contributed by atoms with Crippen molar-refractivity contribution in [2.45, 2.75) is 0 Å². The first-order valence-electron chi connectivity index (χ1n) is 2.63. The number of aromatic hydroxyl groups is 1. The van der Waals surface area contributed by atoms with E-state index in [9.17, 15) is 0 Å². The zero-order valence-corrected chi connectivity index (χ0v) is 6.40. The molecule has 0 spiro atoms. The molecule has 1 N–H and O–H groups in total. The Morgan fingerprint density at radius 2 is 2.00 bits per heavy atom. The minimum absolute atomic E-state index is 0.347. The van der Waals surface area contributed by atoms with Crippen LogP contribution in [0.4, 0.5) is 0 Å². The Hall–Kier alpha value is -0.396. The molecule has 1 rings (SSSR count). The molecule has 0 heterocycles. The van der Waals surface area contributed by atoms with Crippen molar-refractivity contribution in [1.29, 1.82) is 0 Å². The Bertz CT molecular complexity index is 220. The van der Waals surface area contributed by atoms with Crippen molar-refractivity contribution in [3.05, 3.63) is 29.8 Å². The van der Waals surface area contributed by atoms with Gasteiger partial charge in [-0.3, -0.25) is 0 Å². The van der Waals surface area contributed by atoms with E-state index in [-0.39, 0.29) is 0 Å². The van der Waals surface area contributed by atoms with E-state index in [1.54, 1.807) is 6.07 Å². The molecule has 0 bridgehead atoms. The minimum atomic E-state index is 0.347. The van der Waals surface area contributed by atoms with Crippen molar-refractivity contribution in [3.8, 4) is 5.75 Å². The summed E-state index contributed by atoms with van der Waals surface area (Å²) < 4.78 is 1.87. The number of rotatable bonds is 1. The Morgan fingerprint density at radius 1 is 1.33 bits per heavy atom. The van der Waals surface area contributed by atoms with E-state index >= 15 is 0 Å². The van der Waals surface area contributed by atoms with Crippen LogP contribution in [0.3, 0.4) is 0 Å². The molecule has 0 fully saturated rings. The van der Waals surface area contributed by atoms with Crippen LogP contribution in [0.1, 0.15) is 5.56 Å². The third kappa shape index (κ3) is 1.50. The van der Waals surface area contributed by atoms with E-state index in [0.717, 1.165) is 5.56 Å². The van der Waals surface area contributed by atoms with Gasteiger partial charge in [0.25, 0.3) is 0 Å². The van der Waals surface area contributed by atoms with Gasteiger partial charge in [0.05, 0.1) is 0 Å². The Morgan fingerprint density at radius 3 is 2.44 bits per heavy atom. The van der Waals surface area contributed by atoms with Crippen molar-refractivity contribution in [1.82, 2.24) is 0 Å². The van der Waals surface area contributed by atoms with Gasteiger partial charge in [0, 0.05) is 0 Å². The quantitative estimate of drug-likeness (QED) is 0.600. The summed E-state index contributed by atoms with van der Waals surface area (Å²) in [5.74, 6) is 0.347. The van der Waals surface area contributed by atoms with E-state index in [4.69, 9.17) is 5.11 Å². The molecule has 0 amide bonds. The summed E-state index contributed by atoms with van der Waals surface area (Å²) in [5.41, 5.74) is 0.887. The summed E-state index contributed by atoms with van der Waals surface area (Å²) in [5, 5.41) is 9.08. The summed E-state index contributed by atoms with van der Waals surface area (Å²) >= 11 is 1.90. The van der Waals surface area contributed by atoms with Gasteiger partial charge in [0.1, 0.15) is 0 Å². The SMILES string of the molecule is Oc1ccccc1[CH]=[Ti+2]. The molecule has 1 aromatic rings. The summed E-state index contributed by atoms with van der Waals surface area (Å²) in [6.45, 7) is 0. The van der Waals surface area contributed by atoms with E-state index in [2.05, 4.69) is 0 Å². The van der Waals surface area contributed by atoms with E-state index < -0.39 is 0 Å². The number of hydrogen-bond donors (Lipinski definition) is 1. The summed E-state index contributed by atoms with van der Waals surface area (Å²) in [4.78, 5) is 0. The summed E-state index contributed by atoms with van der Waals surface area (Å²) in [6, 6.07) is 7.25. The van der Waals surface area contributed by atoms with Gasteiger partial charge < -0.3 is 0 Å². The van der Waals surface area contributed by atoms with E-state index in [1.165, 1.54) is 0 Å². The number of hydrogen-bond acceptors (Lipinski definition) is 1. The molecule has 0 radical (unpaired) electrons. The molecular weight excluding hydrogens is 148 g/mol. The van der Waals surface area contributed by atoms with Crippen molar-refractivity contribution in [2.24, 2.45) is 0 Å². The standard InChI is InChI=1S/C7H6O.Ti/c1-6-4-2-3-5-7(6)8;/h1-5,8H;/q;+2. The molecule has 2 heteroatoms. The second-order valence-electron chi connectivity index (χ2n) is 1.70. The molecule has 0 atom stereocenters. The van der Waals surface area contributed by atoms with Crippen molar-refractivity contribution in [3.63, 3.8) is 0 Å². The van der Waals surface area contributed by atoms with Gasteiger partial charge in [-0.1, -0.05) is 0 Å². The molecule has 1 nitrogen and oxygen atoms in total. The zero-order valence-electron chi connectivity index (χ0n) is 4.83. The van der Waals surface area contributed by atoms with Crippen molar-refractivity contribution in [2.75, 3.05) is 0 Å². The Labute approximate surface area is 65.2 Å². The molecule has 1 aromatic carbocycles. The Balaban J connectivity index is 3.15. The van der Waals surface area contributed by atoms with Crippen LogP contribution in [0.25, 0.3) is 0 Å². The molecule has 0 saturated carbocycles. The van der Waals surface area contributed by atoms with Crippen molar-refractivity contribution < 1.29 is 25.1 Å². The monoisotopic (exact) mass is 154 g/mol. The van der Waals surface area contributed by atoms with Crippen LogP contribution >= 0.6 is 0 Å². The van der Waals surface area contributed by atoms with Crippen LogP contribution in [0.2, 0.25) is 0 Å². The first-order valence-corrected chi connectivity index (χ1v) is 3.53. The average Bonchev–Trinajstić information content (AvgIpc) is 1.89. The molecule has 0 unspecified atom stereocenters. The van der Waals surface area contributed by atoms with E-state index in [1.807, 2.05) is 42.5 Å². The fraction of sp³-hybridized carbons (Fsp3) is 0. The molecular formula is C7H6OTi+2. The van der Waals surface area contributed by atoms with Crippen LogP contribution in [-0.2, 0) is 20.0 Å². The molecule has 42 valence electrons. The third-order valence-electron chi connectivity index (χ3n) is 1.09. The van der Waals surface area contributed by atoms with Crippen LogP contribution in [0, 0.1) is 0 Å². The first-order chi connectivity index (χ1) is 4.34. The maximum absolute atomic E-state index is 9.08. The van der Waals surface area contributed by atoms with Gasteiger partial charge in [0.2, 0.25) is 0 Å². The second kappa shape index (κ2) is 2.95. The van der Waals surface area contributed by atoms with Crippen LogP contribution in [-0.4, -0.2) is 9.42 Å². The number of phenolic OH excluding ortho intramolecular Hbond substituents is 1. The van der Waals surface area contributed by atoms with Gasteiger partial charge >= 0.3 is 65.0 Å². The van der Waals surface area contributed by atoms with Gasteiger partial charge in [-0.2, -0.15) is 0 Å².